The van der Waals surface area contributed by atoms with Crippen molar-refractivity contribution >= 4 is 40.4 Å². The summed E-state index contributed by atoms with van der Waals surface area (Å²) in [6.45, 7) is 2.37. The van der Waals surface area contributed by atoms with Crippen LogP contribution in [-0.2, 0) is 16.0 Å². The number of amides is 4. The van der Waals surface area contributed by atoms with Gasteiger partial charge in [0, 0.05) is 41.6 Å². The van der Waals surface area contributed by atoms with Gasteiger partial charge in [0.05, 0.1) is 11.7 Å². The number of nitrogens with one attached hydrogen (secondary N) is 5. The number of aromatic amines is 1. The van der Waals surface area contributed by atoms with Gasteiger partial charge in [-0.05, 0) is 104 Å². The molecule has 47 heavy (non-hydrogen) atoms. The van der Waals surface area contributed by atoms with Gasteiger partial charge in [-0.2, -0.15) is 5.10 Å². The van der Waals surface area contributed by atoms with Crippen molar-refractivity contribution in [1.82, 2.24) is 26.1 Å². The predicted molar refractivity (Wildman–Crippen MR) is 179 cm³/mol. The Hall–Kier alpha value is -5.19. The zero-order chi connectivity index (χ0) is 32.9. The Bertz CT molecular complexity index is 1770. The second-order valence-electron chi connectivity index (χ2n) is 12.8. The first-order valence-corrected chi connectivity index (χ1v) is 16.2. The van der Waals surface area contributed by atoms with Crippen LogP contribution in [-0.4, -0.2) is 57.7 Å². The Morgan fingerprint density at radius 3 is 2.40 bits per heavy atom. The molecule has 11 nitrogen and oxygen atoms in total. The number of fused-ring (bicyclic) bond motifs is 1. The highest BCUT2D eigenvalue weighted by atomic mass is 16.4. The summed E-state index contributed by atoms with van der Waals surface area (Å²) < 4.78 is 0. The molecule has 4 amide bonds. The fourth-order valence-corrected chi connectivity index (χ4v) is 6.28. The van der Waals surface area contributed by atoms with Crippen molar-refractivity contribution in [2.75, 3.05) is 11.9 Å². The van der Waals surface area contributed by atoms with Gasteiger partial charge in [-0.25, -0.2) is 4.79 Å². The minimum atomic E-state index is -1.04. The van der Waals surface area contributed by atoms with E-state index in [0.717, 1.165) is 58.8 Å². The number of aromatic nitrogens is 2. The Kier molecular flexibility index (Phi) is 9.51. The molecule has 2 fully saturated rings. The predicted octanol–water partition coefficient (Wildman–Crippen LogP) is 5.17. The van der Waals surface area contributed by atoms with E-state index in [-0.39, 0.29) is 29.6 Å². The number of rotatable bonds is 11. The maximum atomic E-state index is 13.7. The second-order valence-corrected chi connectivity index (χ2v) is 12.8. The van der Waals surface area contributed by atoms with Crippen molar-refractivity contribution < 1.29 is 24.3 Å². The summed E-state index contributed by atoms with van der Waals surface area (Å²) in [5, 5.41) is 28.2. The topological polar surface area (TPSA) is 165 Å². The zero-order valence-electron chi connectivity index (χ0n) is 26.3. The lowest BCUT2D eigenvalue weighted by Crippen LogP contribution is -2.48. The molecule has 6 N–H and O–H groups in total. The number of aryl methyl sites for hydroxylation is 1. The van der Waals surface area contributed by atoms with Gasteiger partial charge >= 0.3 is 6.09 Å². The van der Waals surface area contributed by atoms with E-state index in [0.29, 0.717) is 43.1 Å². The monoisotopic (exact) mass is 636 g/mol. The first kappa shape index (κ1) is 31.8. The highest BCUT2D eigenvalue weighted by Gasteiger charge is 2.30. The van der Waals surface area contributed by atoms with Gasteiger partial charge in [-0.15, -0.1) is 0 Å². The van der Waals surface area contributed by atoms with Gasteiger partial charge in [0.1, 0.15) is 6.04 Å². The molecule has 244 valence electrons. The molecule has 0 bridgehead atoms. The molecule has 0 spiro atoms. The maximum Gasteiger partial charge on any atom is 0.404 e. The number of H-pyrrole nitrogens is 1. The van der Waals surface area contributed by atoms with Crippen LogP contribution in [0.4, 0.5) is 10.5 Å². The van der Waals surface area contributed by atoms with Crippen LogP contribution in [0, 0.1) is 18.8 Å². The highest BCUT2D eigenvalue weighted by Crippen LogP contribution is 2.29. The number of hydrogen-bond acceptors (Lipinski definition) is 5. The zero-order valence-corrected chi connectivity index (χ0v) is 26.3. The number of anilines is 1. The fraction of sp³-hybridized carbons (Fsp3) is 0.361. The average molecular weight is 637 g/mol. The summed E-state index contributed by atoms with van der Waals surface area (Å²) in [4.78, 5) is 50.5. The third-order valence-electron chi connectivity index (χ3n) is 9.21. The summed E-state index contributed by atoms with van der Waals surface area (Å²) in [6, 6.07) is 18.6. The van der Waals surface area contributed by atoms with Gasteiger partial charge in [-0.1, -0.05) is 30.3 Å². The lowest BCUT2D eigenvalue weighted by Gasteiger charge is -2.29. The Morgan fingerprint density at radius 1 is 0.936 bits per heavy atom. The summed E-state index contributed by atoms with van der Waals surface area (Å²) >= 11 is 0. The molecule has 2 saturated carbocycles. The Morgan fingerprint density at radius 2 is 1.70 bits per heavy atom. The summed E-state index contributed by atoms with van der Waals surface area (Å²) in [6.07, 6.45) is 5.80. The molecule has 0 unspecified atom stereocenters. The molecule has 0 radical (unpaired) electrons. The van der Waals surface area contributed by atoms with Crippen LogP contribution in [0.5, 0.6) is 0 Å². The lowest BCUT2D eigenvalue weighted by atomic mass is 9.81. The molecule has 1 aromatic heterocycles. The van der Waals surface area contributed by atoms with Crippen molar-refractivity contribution in [3.05, 3.63) is 83.6 Å². The largest absolute Gasteiger partial charge is 0.465 e. The smallest absolute Gasteiger partial charge is 0.404 e. The maximum absolute atomic E-state index is 13.7. The molecular formula is C36H40N6O5. The first-order valence-electron chi connectivity index (χ1n) is 16.2. The van der Waals surface area contributed by atoms with E-state index < -0.39 is 12.1 Å². The molecule has 2 aliphatic rings. The minimum Gasteiger partial charge on any atom is -0.465 e. The summed E-state index contributed by atoms with van der Waals surface area (Å²) in [5.74, 6) is -0.581. The number of benzene rings is 3. The summed E-state index contributed by atoms with van der Waals surface area (Å²) in [7, 11) is 0. The van der Waals surface area contributed by atoms with Crippen LogP contribution in [0.2, 0.25) is 0 Å². The molecule has 6 rings (SSSR count). The number of carbonyl (C=O) groups excluding carboxylic acids is 3. The average Bonchev–Trinajstić information content (AvgIpc) is 3.76. The number of nitrogens with zero attached hydrogens (tertiary/aromatic N) is 1. The van der Waals surface area contributed by atoms with E-state index in [4.69, 9.17) is 5.11 Å². The SMILES string of the molecule is Cc1cc(C(=O)NC2CC2)ccc1-c1ccc(C[C@H](NC(=O)[C@H]2CC[C@H](CNC(=O)O)CC2)C(=O)Nc2ccc3cn[nH]c3c2)cc1. The van der Waals surface area contributed by atoms with Crippen LogP contribution in [0.25, 0.3) is 22.0 Å². The van der Waals surface area contributed by atoms with Gasteiger partial charge in [0.15, 0.2) is 0 Å². The van der Waals surface area contributed by atoms with Crippen molar-refractivity contribution in [3.63, 3.8) is 0 Å². The van der Waals surface area contributed by atoms with Crippen molar-refractivity contribution in [3.8, 4) is 11.1 Å². The molecule has 1 atom stereocenters. The molecule has 2 aliphatic carbocycles. The van der Waals surface area contributed by atoms with Crippen LogP contribution >= 0.6 is 0 Å². The Balaban J connectivity index is 1.14. The van der Waals surface area contributed by atoms with Crippen LogP contribution in [0.15, 0.2) is 66.9 Å². The lowest BCUT2D eigenvalue weighted by molar-refractivity contribution is -0.130. The number of carboxylic acid groups (broad SMARTS) is 1. The van der Waals surface area contributed by atoms with E-state index >= 15 is 0 Å². The first-order chi connectivity index (χ1) is 22.7. The second kappa shape index (κ2) is 14.1. The van der Waals surface area contributed by atoms with E-state index in [9.17, 15) is 19.2 Å². The van der Waals surface area contributed by atoms with Gasteiger partial charge in [0.2, 0.25) is 11.8 Å². The standard InChI is InChI=1S/C36H40N6O5/c1-21-16-26(34(44)39-28-13-14-28)11-15-30(21)24-6-2-22(3-7-24)17-32(35(45)40-29-12-10-27-20-38-42-31(27)18-29)41-33(43)25-8-4-23(5-9-25)19-37-36(46)47/h2-3,6-7,10-12,15-16,18,20,23,25,28,32,37H,4-5,8-9,13-14,17,19H2,1H3,(H,38,42)(H,39,44)(H,40,45)(H,41,43)(H,46,47)/t23-,25-,32-/m0/s1. The normalized spacial score (nSPS) is 18.2. The third-order valence-corrected chi connectivity index (χ3v) is 9.21. The molecule has 1 heterocycles. The summed E-state index contributed by atoms with van der Waals surface area (Å²) in [5.41, 5.74) is 5.93. The quantitative estimate of drug-likeness (QED) is 0.133. The highest BCUT2D eigenvalue weighted by molar-refractivity contribution is 5.99. The molecule has 0 aliphatic heterocycles. The number of hydrogen-bond donors (Lipinski definition) is 6. The van der Waals surface area contributed by atoms with E-state index in [2.05, 4.69) is 31.5 Å². The van der Waals surface area contributed by atoms with Crippen molar-refractivity contribution in [2.45, 2.75) is 64.0 Å². The third kappa shape index (κ3) is 8.16. The molecule has 4 aromatic rings. The van der Waals surface area contributed by atoms with E-state index in [1.165, 1.54) is 0 Å². The molecule has 11 heteroatoms. The van der Waals surface area contributed by atoms with Gasteiger partial charge in [0.25, 0.3) is 5.91 Å². The van der Waals surface area contributed by atoms with Crippen LogP contribution in [0.3, 0.4) is 0 Å². The molecule has 0 saturated heterocycles. The van der Waals surface area contributed by atoms with E-state index in [1.807, 2.05) is 61.5 Å². The van der Waals surface area contributed by atoms with Crippen LogP contribution < -0.4 is 21.3 Å². The fourth-order valence-electron chi connectivity index (χ4n) is 6.28. The van der Waals surface area contributed by atoms with Gasteiger partial charge < -0.3 is 26.4 Å². The minimum absolute atomic E-state index is 0.0448. The van der Waals surface area contributed by atoms with Crippen molar-refractivity contribution in [2.24, 2.45) is 11.8 Å². The molecule has 3 aromatic carbocycles. The van der Waals surface area contributed by atoms with Crippen LogP contribution in [0.1, 0.15) is 60.0 Å². The van der Waals surface area contributed by atoms with E-state index in [1.54, 1.807) is 12.3 Å². The van der Waals surface area contributed by atoms with Gasteiger partial charge in [-0.3, -0.25) is 19.5 Å². The Labute approximate surface area is 272 Å². The van der Waals surface area contributed by atoms with Crippen molar-refractivity contribution in [1.29, 1.82) is 0 Å². The number of carbonyl (C=O) groups is 4. The molecular weight excluding hydrogens is 596 g/mol.